The molecule has 4 N–H and O–H groups in total. The highest BCUT2D eigenvalue weighted by molar-refractivity contribution is 5.74. The van der Waals surface area contributed by atoms with Gasteiger partial charge in [-0.1, -0.05) is 12.1 Å². The van der Waals surface area contributed by atoms with Gasteiger partial charge in [0.05, 0.1) is 11.0 Å². The fourth-order valence-electron chi connectivity index (χ4n) is 2.19. The minimum Gasteiger partial charge on any atom is -0.383 e. The first-order chi connectivity index (χ1) is 9.74. The Morgan fingerprint density at radius 2 is 1.75 bits per heavy atom. The summed E-state index contributed by atoms with van der Waals surface area (Å²) in [5.41, 5.74) is 15.8. The van der Waals surface area contributed by atoms with Gasteiger partial charge in [-0.25, -0.2) is 4.98 Å². The molecule has 3 aromatic rings. The van der Waals surface area contributed by atoms with Gasteiger partial charge in [-0.15, -0.1) is 0 Å². The van der Waals surface area contributed by atoms with E-state index in [1.54, 1.807) is 18.6 Å². The number of benzene rings is 1. The molecule has 0 radical (unpaired) electrons. The van der Waals surface area contributed by atoms with Crippen LogP contribution in [0.3, 0.4) is 0 Å². The smallest absolute Gasteiger partial charge is 0.126 e. The molecule has 2 aromatic heterocycles. The molecule has 0 spiro atoms. The fraction of sp³-hybridized carbons (Fsp3) is 0.133. The average molecular weight is 265 g/mol. The van der Waals surface area contributed by atoms with Crippen molar-refractivity contribution in [3.63, 3.8) is 0 Å². The summed E-state index contributed by atoms with van der Waals surface area (Å²) in [5, 5.41) is 0. The van der Waals surface area contributed by atoms with Gasteiger partial charge in [0, 0.05) is 24.6 Å². The summed E-state index contributed by atoms with van der Waals surface area (Å²) in [6.07, 6.45) is 5.68. The number of fused-ring (bicyclic) bond motifs is 1. The maximum absolute atomic E-state index is 6.26. The topological polar surface area (TPSA) is 90.7 Å². The first-order valence-electron chi connectivity index (χ1n) is 6.39. The van der Waals surface area contributed by atoms with Crippen LogP contribution < -0.4 is 11.5 Å². The molecule has 0 aliphatic carbocycles. The minimum absolute atomic E-state index is 0.145. The second-order valence-electron chi connectivity index (χ2n) is 4.66. The molecule has 0 fully saturated rings. The average Bonchev–Trinajstić information content (AvgIpc) is 2.49. The van der Waals surface area contributed by atoms with Crippen molar-refractivity contribution in [3.05, 3.63) is 60.0 Å². The zero-order valence-electron chi connectivity index (χ0n) is 10.9. The van der Waals surface area contributed by atoms with Crippen molar-refractivity contribution in [1.82, 2.24) is 15.0 Å². The van der Waals surface area contributed by atoms with Gasteiger partial charge >= 0.3 is 0 Å². The van der Waals surface area contributed by atoms with Gasteiger partial charge in [0.2, 0.25) is 0 Å². The van der Waals surface area contributed by atoms with Crippen molar-refractivity contribution < 1.29 is 0 Å². The van der Waals surface area contributed by atoms with E-state index < -0.39 is 0 Å². The van der Waals surface area contributed by atoms with E-state index in [1.807, 2.05) is 30.3 Å². The number of anilines is 1. The maximum atomic E-state index is 6.26. The largest absolute Gasteiger partial charge is 0.383 e. The molecule has 0 aliphatic rings. The number of nitrogens with zero attached hydrogens (tertiary/aromatic N) is 3. The van der Waals surface area contributed by atoms with Crippen LogP contribution in [0.4, 0.5) is 5.82 Å². The van der Waals surface area contributed by atoms with Crippen molar-refractivity contribution in [2.75, 3.05) is 5.73 Å². The summed E-state index contributed by atoms with van der Waals surface area (Å²) in [4.78, 5) is 12.6. The van der Waals surface area contributed by atoms with Crippen LogP contribution in [0.2, 0.25) is 0 Å². The molecule has 3 rings (SSSR count). The standard InChI is InChI=1S/C15H15N5/c16-12(8-11-2-1-5-20-15(11)17)10-3-4-13-14(9-10)19-7-6-18-13/h1-7,9,12H,8,16H2,(H2,17,20). The first kappa shape index (κ1) is 12.5. The van der Waals surface area contributed by atoms with Crippen molar-refractivity contribution in [2.24, 2.45) is 5.73 Å². The van der Waals surface area contributed by atoms with Gasteiger partial charge in [0.1, 0.15) is 5.82 Å². The van der Waals surface area contributed by atoms with Gasteiger partial charge in [-0.2, -0.15) is 0 Å². The van der Waals surface area contributed by atoms with E-state index in [0.717, 1.165) is 22.2 Å². The van der Waals surface area contributed by atoms with Crippen LogP contribution in [-0.4, -0.2) is 15.0 Å². The van der Waals surface area contributed by atoms with E-state index in [9.17, 15) is 0 Å². The highest BCUT2D eigenvalue weighted by atomic mass is 14.8. The fourth-order valence-corrected chi connectivity index (χ4v) is 2.19. The van der Waals surface area contributed by atoms with Crippen LogP contribution >= 0.6 is 0 Å². The lowest BCUT2D eigenvalue weighted by Crippen LogP contribution is -2.14. The molecule has 2 heterocycles. The highest BCUT2D eigenvalue weighted by Crippen LogP contribution is 2.21. The molecule has 0 bridgehead atoms. The van der Waals surface area contributed by atoms with E-state index in [-0.39, 0.29) is 6.04 Å². The molecular formula is C15H15N5. The lowest BCUT2D eigenvalue weighted by Gasteiger charge is -2.13. The number of rotatable bonds is 3. The summed E-state index contributed by atoms with van der Waals surface area (Å²) in [6.45, 7) is 0. The number of hydrogen-bond acceptors (Lipinski definition) is 5. The van der Waals surface area contributed by atoms with Crippen LogP contribution in [0.15, 0.2) is 48.9 Å². The molecule has 0 amide bonds. The molecule has 1 aromatic carbocycles. The lowest BCUT2D eigenvalue weighted by atomic mass is 9.99. The lowest BCUT2D eigenvalue weighted by molar-refractivity contribution is 0.722. The minimum atomic E-state index is -0.145. The number of pyridine rings is 1. The van der Waals surface area contributed by atoms with Crippen LogP contribution in [0.1, 0.15) is 17.2 Å². The van der Waals surface area contributed by atoms with Gasteiger partial charge in [0.15, 0.2) is 0 Å². The van der Waals surface area contributed by atoms with Gasteiger partial charge in [-0.3, -0.25) is 9.97 Å². The van der Waals surface area contributed by atoms with E-state index in [4.69, 9.17) is 11.5 Å². The number of hydrogen-bond donors (Lipinski definition) is 2. The Morgan fingerprint density at radius 1 is 0.950 bits per heavy atom. The van der Waals surface area contributed by atoms with E-state index in [2.05, 4.69) is 15.0 Å². The molecule has 5 nitrogen and oxygen atoms in total. The van der Waals surface area contributed by atoms with Gasteiger partial charge < -0.3 is 11.5 Å². The Hall–Kier alpha value is -2.53. The predicted octanol–water partition coefficient (Wildman–Crippen LogP) is 1.85. The Morgan fingerprint density at radius 3 is 2.55 bits per heavy atom. The summed E-state index contributed by atoms with van der Waals surface area (Å²) in [6, 6.07) is 9.55. The second kappa shape index (κ2) is 5.22. The number of nitrogen functional groups attached to an aromatic ring is 1. The van der Waals surface area contributed by atoms with E-state index in [1.165, 1.54) is 0 Å². The third-order valence-electron chi connectivity index (χ3n) is 3.29. The molecule has 0 saturated carbocycles. The molecule has 5 heteroatoms. The van der Waals surface area contributed by atoms with E-state index >= 15 is 0 Å². The summed E-state index contributed by atoms with van der Waals surface area (Å²) in [5.74, 6) is 0.531. The number of aromatic nitrogens is 3. The van der Waals surface area contributed by atoms with Gasteiger partial charge in [-0.05, 0) is 35.7 Å². The molecule has 1 atom stereocenters. The Balaban J connectivity index is 1.89. The third kappa shape index (κ3) is 2.44. The quantitative estimate of drug-likeness (QED) is 0.754. The second-order valence-corrected chi connectivity index (χ2v) is 4.66. The first-order valence-corrected chi connectivity index (χ1v) is 6.39. The highest BCUT2D eigenvalue weighted by Gasteiger charge is 2.10. The molecule has 20 heavy (non-hydrogen) atoms. The molecule has 1 unspecified atom stereocenters. The zero-order valence-corrected chi connectivity index (χ0v) is 10.9. The Labute approximate surface area is 116 Å². The summed E-state index contributed by atoms with van der Waals surface area (Å²) < 4.78 is 0. The van der Waals surface area contributed by atoms with Crippen LogP contribution in [0.25, 0.3) is 11.0 Å². The van der Waals surface area contributed by atoms with Gasteiger partial charge in [0.25, 0.3) is 0 Å². The maximum Gasteiger partial charge on any atom is 0.126 e. The van der Waals surface area contributed by atoms with Crippen LogP contribution in [-0.2, 0) is 6.42 Å². The molecule has 0 aliphatic heterocycles. The monoisotopic (exact) mass is 265 g/mol. The normalized spacial score (nSPS) is 12.4. The zero-order chi connectivity index (χ0) is 13.9. The molecule has 100 valence electrons. The predicted molar refractivity (Wildman–Crippen MR) is 78.8 cm³/mol. The molecule has 0 saturated heterocycles. The van der Waals surface area contributed by atoms with E-state index in [0.29, 0.717) is 12.2 Å². The van der Waals surface area contributed by atoms with Crippen molar-refractivity contribution in [1.29, 1.82) is 0 Å². The summed E-state index contributed by atoms with van der Waals surface area (Å²) in [7, 11) is 0. The Bertz CT molecular complexity index is 741. The Kier molecular flexibility index (Phi) is 3.26. The molecular weight excluding hydrogens is 250 g/mol. The van der Waals surface area contributed by atoms with Crippen molar-refractivity contribution in [2.45, 2.75) is 12.5 Å². The third-order valence-corrected chi connectivity index (χ3v) is 3.29. The van der Waals surface area contributed by atoms with Crippen molar-refractivity contribution in [3.8, 4) is 0 Å². The number of nitrogens with two attached hydrogens (primary N) is 2. The van der Waals surface area contributed by atoms with Crippen molar-refractivity contribution >= 4 is 16.9 Å². The van der Waals surface area contributed by atoms with Crippen LogP contribution in [0, 0.1) is 0 Å². The van der Waals surface area contributed by atoms with Crippen LogP contribution in [0.5, 0.6) is 0 Å². The SMILES string of the molecule is Nc1ncccc1CC(N)c1ccc2nccnc2c1. The summed E-state index contributed by atoms with van der Waals surface area (Å²) >= 11 is 0.